The van der Waals surface area contributed by atoms with Crippen LogP contribution >= 0.6 is 11.3 Å². The number of carboxylic acid groups (broad SMARTS) is 1. The van der Waals surface area contributed by atoms with E-state index in [2.05, 4.69) is 4.98 Å². The summed E-state index contributed by atoms with van der Waals surface area (Å²) in [7, 11) is 0. The SMILES string of the molecule is CC1OCCN(c2nccs2)C1C(=O)O. The molecule has 6 heteroatoms. The van der Waals surface area contributed by atoms with Crippen LogP contribution in [-0.2, 0) is 9.53 Å². The van der Waals surface area contributed by atoms with E-state index >= 15 is 0 Å². The maximum Gasteiger partial charge on any atom is 0.329 e. The van der Waals surface area contributed by atoms with Gasteiger partial charge in [0, 0.05) is 18.1 Å². The highest BCUT2D eigenvalue weighted by molar-refractivity contribution is 7.13. The van der Waals surface area contributed by atoms with E-state index in [4.69, 9.17) is 9.84 Å². The average Bonchev–Trinajstić information content (AvgIpc) is 2.69. The summed E-state index contributed by atoms with van der Waals surface area (Å²) in [4.78, 5) is 17.1. The van der Waals surface area contributed by atoms with Crippen molar-refractivity contribution in [2.45, 2.75) is 19.1 Å². The van der Waals surface area contributed by atoms with Crippen LogP contribution in [0.1, 0.15) is 6.92 Å². The number of anilines is 1. The number of hydrogen-bond donors (Lipinski definition) is 1. The van der Waals surface area contributed by atoms with Gasteiger partial charge in [0.2, 0.25) is 0 Å². The van der Waals surface area contributed by atoms with Crippen molar-refractivity contribution in [3.8, 4) is 0 Å². The lowest BCUT2D eigenvalue weighted by atomic mass is 10.1. The van der Waals surface area contributed by atoms with Crippen molar-refractivity contribution in [1.82, 2.24) is 4.98 Å². The molecule has 1 N–H and O–H groups in total. The lowest BCUT2D eigenvalue weighted by Crippen LogP contribution is -2.54. The van der Waals surface area contributed by atoms with Gasteiger partial charge in [-0.1, -0.05) is 0 Å². The quantitative estimate of drug-likeness (QED) is 0.812. The first kappa shape index (κ1) is 10.4. The summed E-state index contributed by atoms with van der Waals surface area (Å²) in [6.07, 6.45) is 1.37. The molecule has 0 spiro atoms. The summed E-state index contributed by atoms with van der Waals surface area (Å²) in [5, 5.41) is 11.7. The predicted molar refractivity (Wildman–Crippen MR) is 56.3 cm³/mol. The van der Waals surface area contributed by atoms with E-state index in [1.165, 1.54) is 11.3 Å². The zero-order chi connectivity index (χ0) is 10.8. The van der Waals surface area contributed by atoms with Gasteiger partial charge in [-0.25, -0.2) is 9.78 Å². The Bertz CT molecular complexity index is 341. The van der Waals surface area contributed by atoms with Crippen molar-refractivity contribution < 1.29 is 14.6 Å². The van der Waals surface area contributed by atoms with E-state index in [9.17, 15) is 4.79 Å². The lowest BCUT2D eigenvalue weighted by molar-refractivity contribution is -0.143. The molecule has 2 heterocycles. The van der Waals surface area contributed by atoms with E-state index in [0.717, 1.165) is 5.13 Å². The molecule has 5 nitrogen and oxygen atoms in total. The molecule has 82 valence electrons. The van der Waals surface area contributed by atoms with Gasteiger partial charge in [-0.05, 0) is 6.92 Å². The molecule has 1 aromatic heterocycles. The zero-order valence-corrected chi connectivity index (χ0v) is 9.11. The van der Waals surface area contributed by atoms with Crippen LogP contribution in [0, 0.1) is 0 Å². The summed E-state index contributed by atoms with van der Waals surface area (Å²) in [5.41, 5.74) is 0. The van der Waals surface area contributed by atoms with Crippen LogP contribution in [0.3, 0.4) is 0 Å². The Balaban J connectivity index is 2.24. The van der Waals surface area contributed by atoms with Crippen LogP contribution in [-0.4, -0.2) is 41.4 Å². The molecule has 0 bridgehead atoms. The summed E-state index contributed by atoms with van der Waals surface area (Å²) in [6, 6.07) is -0.634. The van der Waals surface area contributed by atoms with E-state index in [1.54, 1.807) is 18.0 Å². The highest BCUT2D eigenvalue weighted by atomic mass is 32.1. The third kappa shape index (κ3) is 1.95. The molecule has 1 aliphatic heterocycles. The van der Waals surface area contributed by atoms with Crippen molar-refractivity contribution in [2.75, 3.05) is 18.1 Å². The van der Waals surface area contributed by atoms with Crippen LogP contribution in [0.25, 0.3) is 0 Å². The summed E-state index contributed by atoms with van der Waals surface area (Å²) < 4.78 is 5.33. The monoisotopic (exact) mass is 228 g/mol. The number of morpholine rings is 1. The Labute approximate surface area is 91.3 Å². The van der Waals surface area contributed by atoms with Gasteiger partial charge < -0.3 is 14.7 Å². The van der Waals surface area contributed by atoms with Gasteiger partial charge in [-0.3, -0.25) is 0 Å². The van der Waals surface area contributed by atoms with E-state index in [-0.39, 0.29) is 6.10 Å². The van der Waals surface area contributed by atoms with Gasteiger partial charge in [0.1, 0.15) is 0 Å². The molecule has 2 atom stereocenters. The topological polar surface area (TPSA) is 62.7 Å². The van der Waals surface area contributed by atoms with E-state index in [0.29, 0.717) is 13.2 Å². The molecule has 1 aliphatic rings. The number of ether oxygens (including phenoxy) is 1. The largest absolute Gasteiger partial charge is 0.480 e. The van der Waals surface area contributed by atoms with Crippen molar-refractivity contribution in [3.05, 3.63) is 11.6 Å². The van der Waals surface area contributed by atoms with E-state index < -0.39 is 12.0 Å². The molecule has 0 radical (unpaired) electrons. The Morgan fingerprint density at radius 1 is 1.80 bits per heavy atom. The van der Waals surface area contributed by atoms with Gasteiger partial charge >= 0.3 is 5.97 Å². The average molecular weight is 228 g/mol. The van der Waals surface area contributed by atoms with Crippen LogP contribution < -0.4 is 4.90 Å². The maximum absolute atomic E-state index is 11.1. The van der Waals surface area contributed by atoms with Crippen LogP contribution in [0.15, 0.2) is 11.6 Å². The first-order valence-electron chi connectivity index (χ1n) is 4.70. The first-order chi connectivity index (χ1) is 7.20. The van der Waals surface area contributed by atoms with E-state index in [1.807, 2.05) is 5.38 Å². The second-order valence-electron chi connectivity index (χ2n) is 3.37. The minimum atomic E-state index is -0.864. The molecule has 2 rings (SSSR count). The standard InChI is InChI=1S/C9H12N2O3S/c1-6-7(8(12)13)11(3-4-14-6)9-10-2-5-15-9/h2,5-7H,3-4H2,1H3,(H,12,13). The molecule has 15 heavy (non-hydrogen) atoms. The molecule has 1 aromatic rings. The number of carbonyl (C=O) groups is 1. The molecule has 1 saturated heterocycles. The van der Waals surface area contributed by atoms with Crippen molar-refractivity contribution in [3.63, 3.8) is 0 Å². The smallest absolute Gasteiger partial charge is 0.329 e. The Morgan fingerprint density at radius 3 is 3.20 bits per heavy atom. The number of aromatic nitrogens is 1. The Hall–Kier alpha value is -1.14. The van der Waals surface area contributed by atoms with Gasteiger partial charge in [-0.15, -0.1) is 11.3 Å². The summed E-state index contributed by atoms with van der Waals surface area (Å²) in [5.74, 6) is -0.864. The van der Waals surface area contributed by atoms with Gasteiger partial charge in [0.15, 0.2) is 11.2 Å². The minimum absolute atomic E-state index is 0.305. The minimum Gasteiger partial charge on any atom is -0.480 e. The fourth-order valence-electron chi connectivity index (χ4n) is 1.73. The maximum atomic E-state index is 11.1. The number of carboxylic acids is 1. The number of aliphatic carboxylic acids is 1. The van der Waals surface area contributed by atoms with Gasteiger partial charge in [0.05, 0.1) is 12.7 Å². The van der Waals surface area contributed by atoms with Crippen LogP contribution in [0.2, 0.25) is 0 Å². The fraction of sp³-hybridized carbons (Fsp3) is 0.556. The normalized spacial score (nSPS) is 26.6. The van der Waals surface area contributed by atoms with Gasteiger partial charge in [0.25, 0.3) is 0 Å². The summed E-state index contributed by atoms with van der Waals surface area (Å²) >= 11 is 1.45. The second kappa shape index (κ2) is 4.16. The number of nitrogens with zero attached hydrogens (tertiary/aromatic N) is 2. The number of hydrogen-bond acceptors (Lipinski definition) is 5. The Morgan fingerprint density at radius 2 is 2.60 bits per heavy atom. The summed E-state index contributed by atoms with van der Waals surface area (Å²) in [6.45, 7) is 2.90. The van der Waals surface area contributed by atoms with Crippen molar-refractivity contribution >= 4 is 22.4 Å². The molecular formula is C9H12N2O3S. The molecule has 2 unspecified atom stereocenters. The first-order valence-corrected chi connectivity index (χ1v) is 5.58. The third-order valence-corrected chi connectivity index (χ3v) is 3.22. The lowest BCUT2D eigenvalue weighted by Gasteiger charge is -2.36. The Kier molecular flexibility index (Phi) is 2.88. The molecule has 0 amide bonds. The fourth-order valence-corrected chi connectivity index (χ4v) is 2.43. The second-order valence-corrected chi connectivity index (χ2v) is 4.24. The predicted octanol–water partition coefficient (Wildman–Crippen LogP) is 0.821. The van der Waals surface area contributed by atoms with Crippen molar-refractivity contribution in [1.29, 1.82) is 0 Å². The third-order valence-electron chi connectivity index (χ3n) is 2.41. The number of rotatable bonds is 2. The molecule has 0 saturated carbocycles. The zero-order valence-electron chi connectivity index (χ0n) is 8.29. The molecular weight excluding hydrogens is 216 g/mol. The molecule has 1 fully saturated rings. The van der Waals surface area contributed by atoms with Crippen LogP contribution in [0.4, 0.5) is 5.13 Å². The van der Waals surface area contributed by atoms with Crippen molar-refractivity contribution in [2.24, 2.45) is 0 Å². The number of thiazole rings is 1. The molecule has 0 aromatic carbocycles. The highest BCUT2D eigenvalue weighted by Gasteiger charge is 2.36. The highest BCUT2D eigenvalue weighted by Crippen LogP contribution is 2.24. The van der Waals surface area contributed by atoms with Crippen LogP contribution in [0.5, 0.6) is 0 Å². The van der Waals surface area contributed by atoms with Gasteiger partial charge in [-0.2, -0.15) is 0 Å². The molecule has 0 aliphatic carbocycles.